The van der Waals surface area contributed by atoms with Gasteiger partial charge < -0.3 is 5.32 Å². The van der Waals surface area contributed by atoms with Gasteiger partial charge in [0.05, 0.1) is 0 Å². The van der Waals surface area contributed by atoms with Gasteiger partial charge in [0.25, 0.3) is 0 Å². The molecule has 0 unspecified atom stereocenters. The fourth-order valence-corrected chi connectivity index (χ4v) is 3.10. The van der Waals surface area contributed by atoms with E-state index in [9.17, 15) is 0 Å². The molecule has 0 radical (unpaired) electrons. The highest BCUT2D eigenvalue weighted by molar-refractivity contribution is 5.14. The van der Waals surface area contributed by atoms with E-state index in [1.807, 2.05) is 0 Å². The molecule has 2 fully saturated rings. The molecular weight excluding hydrogens is 196 g/mol. The number of piperidine rings is 1. The molecule has 0 aromatic heterocycles. The van der Waals surface area contributed by atoms with E-state index in [1.165, 1.54) is 38.2 Å². The van der Waals surface area contributed by atoms with Crippen molar-refractivity contribution in [3.63, 3.8) is 0 Å². The second-order valence-corrected chi connectivity index (χ2v) is 5.19. The molecule has 3 rings (SSSR count). The van der Waals surface area contributed by atoms with Gasteiger partial charge in [0.15, 0.2) is 0 Å². The maximum absolute atomic E-state index is 3.52. The van der Waals surface area contributed by atoms with Crippen LogP contribution in [0.5, 0.6) is 0 Å². The normalized spacial score (nSPS) is 30.2. The quantitative estimate of drug-likeness (QED) is 0.810. The number of rotatable bonds is 2. The molecule has 2 heteroatoms. The minimum Gasteiger partial charge on any atom is -0.316 e. The first kappa shape index (κ1) is 10.3. The first-order valence-electron chi connectivity index (χ1n) is 6.39. The van der Waals surface area contributed by atoms with Crippen LogP contribution in [0, 0.1) is 11.8 Å². The van der Waals surface area contributed by atoms with Crippen molar-refractivity contribution in [2.24, 2.45) is 11.8 Å². The van der Waals surface area contributed by atoms with Crippen molar-refractivity contribution < 1.29 is 0 Å². The molecule has 16 heavy (non-hydrogen) atoms. The maximum atomic E-state index is 3.52. The molecule has 1 aromatic rings. The van der Waals surface area contributed by atoms with Crippen LogP contribution in [0.3, 0.4) is 0 Å². The highest BCUT2D eigenvalue weighted by atomic mass is 15.1. The number of benzene rings is 1. The van der Waals surface area contributed by atoms with E-state index in [0.29, 0.717) is 0 Å². The summed E-state index contributed by atoms with van der Waals surface area (Å²) in [5, 5.41) is 3.52. The molecule has 2 atom stereocenters. The van der Waals surface area contributed by atoms with Crippen LogP contribution < -0.4 is 5.32 Å². The summed E-state index contributed by atoms with van der Waals surface area (Å²) >= 11 is 0. The molecular formula is C14H20N2. The molecule has 86 valence electrons. The standard InChI is InChI=1S/C14H20N2/c1-2-4-12(5-3-1)10-16-7-6-13-8-15-9-14(13)11-16/h1-5,13-15H,6-11H2/t13-,14-/m1/s1. The molecule has 2 aliphatic heterocycles. The second kappa shape index (κ2) is 4.56. The Hall–Kier alpha value is -0.860. The van der Waals surface area contributed by atoms with Crippen LogP contribution in [0.15, 0.2) is 30.3 Å². The van der Waals surface area contributed by atoms with Crippen molar-refractivity contribution in [2.75, 3.05) is 26.2 Å². The van der Waals surface area contributed by atoms with Gasteiger partial charge in [-0.1, -0.05) is 30.3 Å². The first-order valence-corrected chi connectivity index (χ1v) is 6.39. The van der Waals surface area contributed by atoms with Gasteiger partial charge in [0, 0.05) is 13.1 Å². The molecule has 1 aromatic carbocycles. The summed E-state index contributed by atoms with van der Waals surface area (Å²) in [6.07, 6.45) is 1.38. The Bertz CT molecular complexity index is 336. The van der Waals surface area contributed by atoms with Gasteiger partial charge in [0.2, 0.25) is 0 Å². The highest BCUT2D eigenvalue weighted by Gasteiger charge is 2.32. The number of nitrogens with zero attached hydrogens (tertiary/aromatic N) is 1. The van der Waals surface area contributed by atoms with Crippen LogP contribution in [-0.4, -0.2) is 31.1 Å². The van der Waals surface area contributed by atoms with Gasteiger partial charge in [-0.3, -0.25) is 4.90 Å². The van der Waals surface area contributed by atoms with Crippen molar-refractivity contribution in [2.45, 2.75) is 13.0 Å². The smallest absolute Gasteiger partial charge is 0.0233 e. The zero-order valence-electron chi connectivity index (χ0n) is 9.73. The molecule has 2 nitrogen and oxygen atoms in total. The minimum atomic E-state index is 0.900. The monoisotopic (exact) mass is 216 g/mol. The number of hydrogen-bond acceptors (Lipinski definition) is 2. The zero-order chi connectivity index (χ0) is 10.8. The van der Waals surface area contributed by atoms with E-state index >= 15 is 0 Å². The number of likely N-dealkylation sites (tertiary alicyclic amines) is 1. The predicted octanol–water partition coefficient (Wildman–Crippen LogP) is 1.73. The summed E-state index contributed by atoms with van der Waals surface area (Å²) < 4.78 is 0. The van der Waals surface area contributed by atoms with E-state index in [1.54, 1.807) is 0 Å². The Labute approximate surface area is 97.6 Å². The van der Waals surface area contributed by atoms with Gasteiger partial charge in [0.1, 0.15) is 0 Å². The Balaban J connectivity index is 1.60. The van der Waals surface area contributed by atoms with Crippen LogP contribution in [0.2, 0.25) is 0 Å². The Kier molecular flexibility index (Phi) is 2.94. The largest absolute Gasteiger partial charge is 0.316 e. The predicted molar refractivity (Wildman–Crippen MR) is 66.2 cm³/mol. The van der Waals surface area contributed by atoms with Crippen molar-refractivity contribution in [1.82, 2.24) is 10.2 Å². The van der Waals surface area contributed by atoms with Gasteiger partial charge in [-0.25, -0.2) is 0 Å². The summed E-state index contributed by atoms with van der Waals surface area (Å²) in [7, 11) is 0. The van der Waals surface area contributed by atoms with Crippen molar-refractivity contribution in [1.29, 1.82) is 0 Å². The summed E-state index contributed by atoms with van der Waals surface area (Å²) in [6.45, 7) is 6.17. The third kappa shape index (κ3) is 2.13. The molecule has 2 aliphatic rings. The SMILES string of the molecule is c1ccc(CN2CC[C@@H]3CNC[C@@H]3C2)cc1. The van der Waals surface area contributed by atoms with E-state index < -0.39 is 0 Å². The van der Waals surface area contributed by atoms with E-state index in [2.05, 4.69) is 40.5 Å². The van der Waals surface area contributed by atoms with Crippen LogP contribution in [0.4, 0.5) is 0 Å². The lowest BCUT2D eigenvalue weighted by Gasteiger charge is -2.34. The maximum Gasteiger partial charge on any atom is 0.0233 e. The van der Waals surface area contributed by atoms with Gasteiger partial charge in [-0.15, -0.1) is 0 Å². The van der Waals surface area contributed by atoms with Crippen LogP contribution in [-0.2, 0) is 6.54 Å². The number of nitrogens with one attached hydrogen (secondary N) is 1. The van der Waals surface area contributed by atoms with E-state index in [-0.39, 0.29) is 0 Å². The van der Waals surface area contributed by atoms with Gasteiger partial charge in [-0.05, 0) is 43.5 Å². The fraction of sp³-hybridized carbons (Fsp3) is 0.571. The number of hydrogen-bond donors (Lipinski definition) is 1. The van der Waals surface area contributed by atoms with Crippen molar-refractivity contribution in [3.05, 3.63) is 35.9 Å². The first-order chi connectivity index (χ1) is 7.92. The summed E-state index contributed by atoms with van der Waals surface area (Å²) in [4.78, 5) is 2.61. The summed E-state index contributed by atoms with van der Waals surface area (Å²) in [6, 6.07) is 10.8. The van der Waals surface area contributed by atoms with E-state index in [0.717, 1.165) is 18.4 Å². The van der Waals surface area contributed by atoms with Gasteiger partial charge in [-0.2, -0.15) is 0 Å². The van der Waals surface area contributed by atoms with Gasteiger partial charge >= 0.3 is 0 Å². The minimum absolute atomic E-state index is 0.900. The Morgan fingerprint density at radius 3 is 2.81 bits per heavy atom. The Morgan fingerprint density at radius 1 is 1.12 bits per heavy atom. The molecule has 0 spiro atoms. The van der Waals surface area contributed by atoms with E-state index in [4.69, 9.17) is 0 Å². The molecule has 0 aliphatic carbocycles. The molecule has 0 saturated carbocycles. The second-order valence-electron chi connectivity index (χ2n) is 5.19. The molecule has 2 saturated heterocycles. The average molecular weight is 216 g/mol. The Morgan fingerprint density at radius 2 is 1.94 bits per heavy atom. The topological polar surface area (TPSA) is 15.3 Å². The van der Waals surface area contributed by atoms with Crippen LogP contribution >= 0.6 is 0 Å². The van der Waals surface area contributed by atoms with Crippen molar-refractivity contribution >= 4 is 0 Å². The van der Waals surface area contributed by atoms with Crippen LogP contribution in [0.25, 0.3) is 0 Å². The summed E-state index contributed by atoms with van der Waals surface area (Å²) in [5.74, 6) is 1.85. The molecule has 1 N–H and O–H groups in total. The zero-order valence-corrected chi connectivity index (χ0v) is 9.73. The fourth-order valence-electron chi connectivity index (χ4n) is 3.10. The number of fused-ring (bicyclic) bond motifs is 1. The third-order valence-electron chi connectivity index (χ3n) is 4.04. The average Bonchev–Trinajstić information content (AvgIpc) is 2.77. The molecule has 0 bridgehead atoms. The lowest BCUT2D eigenvalue weighted by Crippen LogP contribution is -2.39. The van der Waals surface area contributed by atoms with Crippen molar-refractivity contribution in [3.8, 4) is 0 Å². The van der Waals surface area contributed by atoms with Crippen LogP contribution in [0.1, 0.15) is 12.0 Å². The third-order valence-corrected chi connectivity index (χ3v) is 4.04. The molecule has 2 heterocycles. The highest BCUT2D eigenvalue weighted by Crippen LogP contribution is 2.27. The lowest BCUT2D eigenvalue weighted by atomic mass is 9.88. The lowest BCUT2D eigenvalue weighted by molar-refractivity contribution is 0.142. The molecule has 0 amide bonds. The summed E-state index contributed by atoms with van der Waals surface area (Å²) in [5.41, 5.74) is 1.45.